The Morgan fingerprint density at radius 3 is 2.71 bits per heavy atom. The highest BCUT2D eigenvalue weighted by Crippen LogP contribution is 2.31. The highest BCUT2D eigenvalue weighted by molar-refractivity contribution is 5.96. The van der Waals surface area contributed by atoms with Crippen molar-refractivity contribution in [3.05, 3.63) is 59.9 Å². The second-order valence-electron chi connectivity index (χ2n) is 6.74. The number of anilines is 3. The Balaban J connectivity index is 1.65. The van der Waals surface area contributed by atoms with Gasteiger partial charge in [0, 0.05) is 42.3 Å². The normalized spacial score (nSPS) is 13.4. The average Bonchev–Trinajstić information content (AvgIpc) is 2.74. The lowest BCUT2D eigenvalue weighted by Crippen LogP contribution is -2.34. The molecular formula is C22H23N5O. The largest absolute Gasteiger partial charge is 0.340 e. The first-order valence-electron chi connectivity index (χ1n) is 9.67. The van der Waals surface area contributed by atoms with Crippen LogP contribution in [0.25, 0.3) is 11.5 Å². The minimum atomic E-state index is 0.194. The number of rotatable bonds is 5. The third-order valence-electron chi connectivity index (χ3n) is 4.90. The van der Waals surface area contributed by atoms with Crippen LogP contribution in [-0.2, 0) is 17.6 Å². The Morgan fingerprint density at radius 1 is 1.07 bits per heavy atom. The van der Waals surface area contributed by atoms with Gasteiger partial charge in [-0.25, -0.2) is 9.97 Å². The van der Waals surface area contributed by atoms with Crippen molar-refractivity contribution in [2.45, 2.75) is 33.1 Å². The van der Waals surface area contributed by atoms with E-state index in [2.05, 4.69) is 33.3 Å². The molecule has 2 aromatic heterocycles. The van der Waals surface area contributed by atoms with Gasteiger partial charge in [-0.05, 0) is 55.7 Å². The second-order valence-corrected chi connectivity index (χ2v) is 6.74. The molecule has 1 N–H and O–H groups in total. The SMILES string of the molecule is CCc1cc(Nc2ccc3c(c2)CCC(=O)N3CC)nc(-c2ccccn2)n1. The highest BCUT2D eigenvalue weighted by atomic mass is 16.2. The van der Waals surface area contributed by atoms with Gasteiger partial charge in [0.15, 0.2) is 5.82 Å². The Kier molecular flexibility index (Phi) is 5.02. The number of nitrogens with one attached hydrogen (secondary N) is 1. The van der Waals surface area contributed by atoms with Crippen LogP contribution in [0.2, 0.25) is 0 Å². The van der Waals surface area contributed by atoms with E-state index in [4.69, 9.17) is 0 Å². The smallest absolute Gasteiger partial charge is 0.227 e. The van der Waals surface area contributed by atoms with Gasteiger partial charge in [0.2, 0.25) is 5.91 Å². The molecule has 0 spiro atoms. The standard InChI is InChI=1S/C22H23N5O/c1-3-16-14-20(26-22(25-16)18-7-5-6-12-23-18)24-17-9-10-19-15(13-17)8-11-21(28)27(19)4-2/h5-7,9-10,12-14H,3-4,8,11H2,1-2H3,(H,24,25,26). The summed E-state index contributed by atoms with van der Waals surface area (Å²) in [6, 6.07) is 13.8. The number of aryl methyl sites for hydroxylation is 2. The molecule has 6 heteroatoms. The first-order valence-corrected chi connectivity index (χ1v) is 9.67. The lowest BCUT2D eigenvalue weighted by Gasteiger charge is -2.28. The van der Waals surface area contributed by atoms with E-state index >= 15 is 0 Å². The fourth-order valence-corrected chi connectivity index (χ4v) is 3.48. The van der Waals surface area contributed by atoms with E-state index in [1.165, 1.54) is 5.56 Å². The first kappa shape index (κ1) is 18.1. The lowest BCUT2D eigenvalue weighted by molar-refractivity contribution is -0.118. The van der Waals surface area contributed by atoms with E-state index in [-0.39, 0.29) is 5.91 Å². The van der Waals surface area contributed by atoms with Crippen LogP contribution in [0.15, 0.2) is 48.7 Å². The summed E-state index contributed by atoms with van der Waals surface area (Å²) in [4.78, 5) is 27.6. The van der Waals surface area contributed by atoms with Crippen molar-refractivity contribution >= 4 is 23.1 Å². The van der Waals surface area contributed by atoms with Crippen LogP contribution in [0.1, 0.15) is 31.5 Å². The van der Waals surface area contributed by atoms with Gasteiger partial charge in [-0.3, -0.25) is 9.78 Å². The maximum Gasteiger partial charge on any atom is 0.227 e. The zero-order chi connectivity index (χ0) is 19.5. The predicted octanol–water partition coefficient (Wildman–Crippen LogP) is 4.14. The minimum absolute atomic E-state index is 0.194. The van der Waals surface area contributed by atoms with Crippen LogP contribution in [-0.4, -0.2) is 27.4 Å². The number of benzene rings is 1. The van der Waals surface area contributed by atoms with Crippen LogP contribution in [0.5, 0.6) is 0 Å². The van der Waals surface area contributed by atoms with Crippen LogP contribution < -0.4 is 10.2 Å². The molecule has 3 heterocycles. The minimum Gasteiger partial charge on any atom is -0.340 e. The van der Waals surface area contributed by atoms with Crippen LogP contribution in [0, 0.1) is 0 Å². The number of carbonyl (C=O) groups is 1. The number of nitrogens with zero attached hydrogens (tertiary/aromatic N) is 4. The van der Waals surface area contributed by atoms with Crippen molar-refractivity contribution in [1.82, 2.24) is 15.0 Å². The van der Waals surface area contributed by atoms with Crippen molar-refractivity contribution in [3.63, 3.8) is 0 Å². The van der Waals surface area contributed by atoms with E-state index in [0.717, 1.165) is 41.4 Å². The van der Waals surface area contributed by atoms with E-state index in [9.17, 15) is 4.79 Å². The van der Waals surface area contributed by atoms with Gasteiger partial charge in [-0.2, -0.15) is 0 Å². The maximum absolute atomic E-state index is 12.1. The van der Waals surface area contributed by atoms with Crippen LogP contribution in [0.4, 0.5) is 17.2 Å². The molecule has 0 fully saturated rings. The fourth-order valence-electron chi connectivity index (χ4n) is 3.48. The first-order chi connectivity index (χ1) is 13.7. The average molecular weight is 373 g/mol. The molecule has 0 aliphatic carbocycles. The Labute approximate surface area is 164 Å². The van der Waals surface area contributed by atoms with E-state index in [0.29, 0.717) is 18.8 Å². The van der Waals surface area contributed by atoms with Crippen molar-refractivity contribution < 1.29 is 4.79 Å². The molecule has 1 aliphatic rings. The quantitative estimate of drug-likeness (QED) is 0.728. The van der Waals surface area contributed by atoms with E-state index in [1.807, 2.05) is 48.2 Å². The maximum atomic E-state index is 12.1. The molecule has 4 rings (SSSR count). The van der Waals surface area contributed by atoms with Crippen LogP contribution >= 0.6 is 0 Å². The predicted molar refractivity (Wildman–Crippen MR) is 111 cm³/mol. The summed E-state index contributed by atoms with van der Waals surface area (Å²) >= 11 is 0. The zero-order valence-corrected chi connectivity index (χ0v) is 16.1. The summed E-state index contributed by atoms with van der Waals surface area (Å²) in [5, 5.41) is 3.40. The third-order valence-corrected chi connectivity index (χ3v) is 4.90. The molecule has 1 aliphatic heterocycles. The molecule has 0 saturated heterocycles. The van der Waals surface area contributed by atoms with Gasteiger partial charge in [-0.1, -0.05) is 13.0 Å². The zero-order valence-electron chi connectivity index (χ0n) is 16.1. The van der Waals surface area contributed by atoms with Crippen molar-refractivity contribution in [2.24, 2.45) is 0 Å². The molecule has 0 radical (unpaired) electrons. The van der Waals surface area contributed by atoms with E-state index < -0.39 is 0 Å². The molecule has 142 valence electrons. The van der Waals surface area contributed by atoms with Crippen LogP contribution in [0.3, 0.4) is 0 Å². The number of hydrogen-bond donors (Lipinski definition) is 1. The Hall–Kier alpha value is -3.28. The van der Waals surface area contributed by atoms with Gasteiger partial charge in [-0.15, -0.1) is 0 Å². The number of amides is 1. The third kappa shape index (κ3) is 3.58. The summed E-state index contributed by atoms with van der Waals surface area (Å²) in [5.74, 6) is 1.55. The number of aromatic nitrogens is 3. The number of carbonyl (C=O) groups excluding carboxylic acids is 1. The Morgan fingerprint density at radius 2 is 1.96 bits per heavy atom. The summed E-state index contributed by atoms with van der Waals surface area (Å²) in [6.07, 6.45) is 3.88. The molecule has 0 unspecified atom stereocenters. The van der Waals surface area contributed by atoms with Gasteiger partial charge >= 0.3 is 0 Å². The van der Waals surface area contributed by atoms with Gasteiger partial charge in [0.1, 0.15) is 11.5 Å². The Bertz CT molecular complexity index is 1000. The summed E-state index contributed by atoms with van der Waals surface area (Å²) in [5.41, 5.74) is 4.86. The number of fused-ring (bicyclic) bond motifs is 1. The molecule has 1 amide bonds. The fraction of sp³-hybridized carbons (Fsp3) is 0.273. The molecule has 0 saturated carbocycles. The van der Waals surface area contributed by atoms with Gasteiger partial charge in [0.25, 0.3) is 0 Å². The van der Waals surface area contributed by atoms with Gasteiger partial charge < -0.3 is 10.2 Å². The molecule has 3 aromatic rings. The molecular weight excluding hydrogens is 350 g/mol. The second kappa shape index (κ2) is 7.76. The lowest BCUT2D eigenvalue weighted by atomic mass is 10.0. The van der Waals surface area contributed by atoms with Crippen molar-refractivity contribution in [3.8, 4) is 11.5 Å². The molecule has 0 atom stereocenters. The summed E-state index contributed by atoms with van der Waals surface area (Å²) < 4.78 is 0. The molecule has 0 bridgehead atoms. The van der Waals surface area contributed by atoms with Crippen molar-refractivity contribution in [2.75, 3.05) is 16.8 Å². The summed E-state index contributed by atoms with van der Waals surface area (Å²) in [6.45, 7) is 4.77. The highest BCUT2D eigenvalue weighted by Gasteiger charge is 2.22. The summed E-state index contributed by atoms with van der Waals surface area (Å²) in [7, 11) is 0. The number of pyridine rings is 1. The molecule has 1 aromatic carbocycles. The number of hydrogen-bond acceptors (Lipinski definition) is 5. The van der Waals surface area contributed by atoms with Gasteiger partial charge in [0.05, 0.1) is 0 Å². The molecule has 6 nitrogen and oxygen atoms in total. The molecule has 28 heavy (non-hydrogen) atoms. The topological polar surface area (TPSA) is 71.0 Å². The van der Waals surface area contributed by atoms with Crippen molar-refractivity contribution in [1.29, 1.82) is 0 Å². The van der Waals surface area contributed by atoms with E-state index in [1.54, 1.807) is 6.20 Å². The monoisotopic (exact) mass is 373 g/mol.